The molecule has 1 heterocycles. The number of amides is 1. The number of nitrogens with one attached hydrogen (secondary N) is 1. The fraction of sp³-hybridized carbons (Fsp3) is 0.929. The lowest BCUT2D eigenvalue weighted by molar-refractivity contribution is -0.136. The van der Waals surface area contributed by atoms with E-state index in [2.05, 4.69) is 24.3 Å². The molecule has 110 valence electrons. The largest absolute Gasteiger partial charge is 0.381 e. The van der Waals surface area contributed by atoms with Crippen molar-refractivity contribution in [2.75, 3.05) is 40.4 Å². The molecule has 1 amide bonds. The number of carbonyl (C=O) groups excluding carboxylic acids is 1. The van der Waals surface area contributed by atoms with E-state index in [1.807, 2.05) is 0 Å². The minimum Gasteiger partial charge on any atom is -0.381 e. The van der Waals surface area contributed by atoms with Crippen LogP contribution in [0.2, 0.25) is 0 Å². The van der Waals surface area contributed by atoms with Crippen LogP contribution in [0.1, 0.15) is 32.1 Å². The van der Waals surface area contributed by atoms with Gasteiger partial charge in [-0.25, -0.2) is 0 Å². The van der Waals surface area contributed by atoms with Gasteiger partial charge in [0.05, 0.1) is 5.41 Å². The predicted octanol–water partition coefficient (Wildman–Crippen LogP) is 0.342. The highest BCUT2D eigenvalue weighted by atomic mass is 16.5. The van der Waals surface area contributed by atoms with Gasteiger partial charge in [-0.1, -0.05) is 0 Å². The summed E-state index contributed by atoms with van der Waals surface area (Å²) in [5.41, 5.74) is 5.61. The molecule has 3 N–H and O–H groups in total. The van der Waals surface area contributed by atoms with E-state index in [0.29, 0.717) is 19.8 Å². The van der Waals surface area contributed by atoms with E-state index in [1.165, 1.54) is 19.3 Å². The van der Waals surface area contributed by atoms with E-state index in [9.17, 15) is 4.79 Å². The average Bonchev–Trinajstić information content (AvgIpc) is 2.37. The Hall–Kier alpha value is -0.650. The summed E-state index contributed by atoms with van der Waals surface area (Å²) in [5, 5.41) is 3.15. The van der Waals surface area contributed by atoms with Crippen molar-refractivity contribution in [2.45, 2.75) is 37.6 Å². The van der Waals surface area contributed by atoms with Gasteiger partial charge in [0.15, 0.2) is 0 Å². The van der Waals surface area contributed by atoms with Crippen LogP contribution in [0.4, 0.5) is 0 Å². The summed E-state index contributed by atoms with van der Waals surface area (Å²) in [4.78, 5) is 14.7. The lowest BCUT2D eigenvalue weighted by atomic mass is 9.74. The first kappa shape index (κ1) is 14.8. The second-order valence-electron chi connectivity index (χ2n) is 6.25. The van der Waals surface area contributed by atoms with Crippen molar-refractivity contribution in [3.63, 3.8) is 0 Å². The van der Waals surface area contributed by atoms with Crippen molar-refractivity contribution in [3.05, 3.63) is 0 Å². The van der Waals surface area contributed by atoms with Crippen molar-refractivity contribution in [1.82, 2.24) is 10.2 Å². The SMILES string of the molecule is CN(C)C1(CNC(=O)C2(CN)CCOCC2)CCC1. The molecule has 2 fully saturated rings. The van der Waals surface area contributed by atoms with Crippen LogP contribution in [0.25, 0.3) is 0 Å². The van der Waals surface area contributed by atoms with Gasteiger partial charge in [-0.2, -0.15) is 0 Å². The Morgan fingerprint density at radius 1 is 1.26 bits per heavy atom. The van der Waals surface area contributed by atoms with Gasteiger partial charge >= 0.3 is 0 Å². The molecular formula is C14H27N3O2. The predicted molar refractivity (Wildman–Crippen MR) is 74.8 cm³/mol. The lowest BCUT2D eigenvalue weighted by Gasteiger charge is -2.48. The highest BCUT2D eigenvalue weighted by Gasteiger charge is 2.42. The Morgan fingerprint density at radius 2 is 1.89 bits per heavy atom. The quantitative estimate of drug-likeness (QED) is 0.755. The molecule has 0 spiro atoms. The first-order valence-corrected chi connectivity index (χ1v) is 7.28. The van der Waals surface area contributed by atoms with Gasteiger partial charge in [0.2, 0.25) is 5.91 Å². The molecule has 0 aromatic rings. The Morgan fingerprint density at radius 3 is 2.32 bits per heavy atom. The molecule has 0 radical (unpaired) electrons. The van der Waals surface area contributed by atoms with Crippen molar-refractivity contribution in [1.29, 1.82) is 0 Å². The van der Waals surface area contributed by atoms with E-state index < -0.39 is 5.41 Å². The van der Waals surface area contributed by atoms with Crippen LogP contribution < -0.4 is 11.1 Å². The Balaban J connectivity index is 1.92. The van der Waals surface area contributed by atoms with Crippen LogP contribution >= 0.6 is 0 Å². The fourth-order valence-corrected chi connectivity index (χ4v) is 3.09. The van der Waals surface area contributed by atoms with Gasteiger partial charge in [0.1, 0.15) is 0 Å². The Kier molecular flexibility index (Phi) is 4.48. The summed E-state index contributed by atoms with van der Waals surface area (Å²) >= 11 is 0. The third-order valence-electron chi connectivity index (χ3n) is 5.13. The highest BCUT2D eigenvalue weighted by molar-refractivity contribution is 5.83. The fourth-order valence-electron chi connectivity index (χ4n) is 3.09. The summed E-state index contributed by atoms with van der Waals surface area (Å²) in [7, 11) is 4.19. The number of ether oxygens (including phenoxy) is 1. The number of likely N-dealkylation sites (N-methyl/N-ethyl adjacent to an activating group) is 1. The molecule has 1 aliphatic heterocycles. The lowest BCUT2D eigenvalue weighted by Crippen LogP contribution is -2.59. The summed E-state index contributed by atoms with van der Waals surface area (Å²) in [6, 6.07) is 0. The molecule has 0 bridgehead atoms. The van der Waals surface area contributed by atoms with E-state index in [4.69, 9.17) is 10.5 Å². The van der Waals surface area contributed by atoms with Crippen LogP contribution in [0, 0.1) is 5.41 Å². The molecule has 5 nitrogen and oxygen atoms in total. The molecule has 1 aliphatic carbocycles. The molecule has 0 aromatic heterocycles. The molecule has 5 heteroatoms. The van der Waals surface area contributed by atoms with E-state index in [1.54, 1.807) is 0 Å². The first-order valence-electron chi connectivity index (χ1n) is 7.28. The van der Waals surface area contributed by atoms with Gasteiger partial charge in [-0.3, -0.25) is 4.79 Å². The zero-order chi connectivity index (χ0) is 13.9. The first-order chi connectivity index (χ1) is 9.05. The van der Waals surface area contributed by atoms with Crippen LogP contribution in [0.5, 0.6) is 0 Å². The van der Waals surface area contributed by atoms with Crippen molar-refractivity contribution in [2.24, 2.45) is 11.1 Å². The summed E-state index contributed by atoms with van der Waals surface area (Å²) < 4.78 is 5.35. The molecule has 2 rings (SSSR count). The van der Waals surface area contributed by atoms with Crippen molar-refractivity contribution >= 4 is 5.91 Å². The molecule has 2 aliphatic rings. The van der Waals surface area contributed by atoms with Crippen LogP contribution in [0.3, 0.4) is 0 Å². The smallest absolute Gasteiger partial charge is 0.227 e. The minimum atomic E-state index is -0.407. The summed E-state index contributed by atoms with van der Waals surface area (Å²) in [5.74, 6) is 0.117. The van der Waals surface area contributed by atoms with Crippen LogP contribution in [0.15, 0.2) is 0 Å². The maximum absolute atomic E-state index is 12.5. The van der Waals surface area contributed by atoms with E-state index >= 15 is 0 Å². The zero-order valence-corrected chi connectivity index (χ0v) is 12.2. The number of hydrogen-bond donors (Lipinski definition) is 2. The van der Waals surface area contributed by atoms with Gasteiger partial charge in [-0.05, 0) is 46.2 Å². The van der Waals surface area contributed by atoms with E-state index in [-0.39, 0.29) is 11.4 Å². The standard InChI is InChI=1S/C14H27N3O2/c1-17(2)14(4-3-5-14)11-16-12(18)13(10-15)6-8-19-9-7-13/h3-11,15H2,1-2H3,(H,16,18). The molecular weight excluding hydrogens is 242 g/mol. The van der Waals surface area contributed by atoms with Crippen molar-refractivity contribution in [3.8, 4) is 0 Å². The van der Waals surface area contributed by atoms with Gasteiger partial charge in [0, 0.05) is 31.8 Å². The molecule has 0 aromatic carbocycles. The number of rotatable bonds is 5. The minimum absolute atomic E-state index is 0.117. The molecule has 19 heavy (non-hydrogen) atoms. The third kappa shape index (κ3) is 2.78. The second kappa shape index (κ2) is 5.77. The molecule has 1 saturated carbocycles. The topological polar surface area (TPSA) is 67.6 Å². The Labute approximate surface area is 115 Å². The monoisotopic (exact) mass is 269 g/mol. The van der Waals surface area contributed by atoms with Crippen LogP contribution in [-0.2, 0) is 9.53 Å². The third-order valence-corrected chi connectivity index (χ3v) is 5.13. The van der Waals surface area contributed by atoms with Crippen molar-refractivity contribution < 1.29 is 9.53 Å². The normalized spacial score (nSPS) is 24.8. The number of carbonyl (C=O) groups is 1. The molecule has 0 unspecified atom stereocenters. The van der Waals surface area contributed by atoms with Gasteiger partial charge in [0.25, 0.3) is 0 Å². The second-order valence-corrected chi connectivity index (χ2v) is 6.25. The number of nitrogens with two attached hydrogens (primary N) is 1. The number of nitrogens with zero attached hydrogens (tertiary/aromatic N) is 1. The molecule has 0 atom stereocenters. The highest BCUT2D eigenvalue weighted by Crippen LogP contribution is 2.36. The van der Waals surface area contributed by atoms with Crippen LogP contribution in [-0.4, -0.2) is 56.7 Å². The van der Waals surface area contributed by atoms with E-state index in [0.717, 1.165) is 19.4 Å². The average molecular weight is 269 g/mol. The van der Waals surface area contributed by atoms with Gasteiger partial charge in [-0.15, -0.1) is 0 Å². The van der Waals surface area contributed by atoms with Gasteiger partial charge < -0.3 is 20.7 Å². The number of hydrogen-bond acceptors (Lipinski definition) is 4. The maximum Gasteiger partial charge on any atom is 0.227 e. The maximum atomic E-state index is 12.5. The summed E-state index contributed by atoms with van der Waals surface area (Å²) in [6.07, 6.45) is 5.07. The Bertz CT molecular complexity index is 321. The summed E-state index contributed by atoms with van der Waals surface area (Å²) in [6.45, 7) is 2.44. The molecule has 1 saturated heterocycles. The zero-order valence-electron chi connectivity index (χ0n) is 12.2.